The van der Waals surface area contributed by atoms with Crippen LogP contribution in [0.15, 0.2) is 48.5 Å². The molecule has 2 aromatic carbocycles. The van der Waals surface area contributed by atoms with Crippen molar-refractivity contribution in [1.82, 2.24) is 4.98 Å². The lowest BCUT2D eigenvalue weighted by Crippen LogP contribution is -2.19. The van der Waals surface area contributed by atoms with Gasteiger partial charge in [0.05, 0.1) is 12.6 Å². The van der Waals surface area contributed by atoms with Crippen molar-refractivity contribution >= 4 is 16.8 Å². The summed E-state index contributed by atoms with van der Waals surface area (Å²) in [5, 5.41) is 1.10. The van der Waals surface area contributed by atoms with Crippen molar-refractivity contribution < 1.29 is 9.53 Å². The van der Waals surface area contributed by atoms with Crippen LogP contribution in [0.1, 0.15) is 40.0 Å². The highest BCUT2D eigenvalue weighted by molar-refractivity contribution is 5.96. The summed E-state index contributed by atoms with van der Waals surface area (Å²) in [5.74, 6) is 0.395. The number of benzene rings is 2. The van der Waals surface area contributed by atoms with E-state index in [4.69, 9.17) is 10.5 Å². The van der Waals surface area contributed by atoms with Crippen LogP contribution in [0.3, 0.4) is 0 Å². The fourth-order valence-electron chi connectivity index (χ4n) is 3.75. The average molecular weight is 332 g/mol. The molecule has 2 N–H and O–H groups in total. The van der Waals surface area contributed by atoms with Crippen LogP contribution in [-0.4, -0.2) is 18.0 Å². The predicted octanol–water partition coefficient (Wildman–Crippen LogP) is 3.73. The molecule has 25 heavy (non-hydrogen) atoms. The smallest absolute Gasteiger partial charge is 0.249 e. The molecule has 4 nitrogen and oxygen atoms in total. The molecular weight excluding hydrogens is 312 g/mol. The number of nitrogens with two attached hydrogens (primary N) is 1. The minimum Gasteiger partial charge on any atom is -0.497 e. The van der Waals surface area contributed by atoms with Gasteiger partial charge in [-0.3, -0.25) is 9.78 Å². The standard InChI is InChI=1S/C21H20N2O2/c1-13-7-8-15-18(11-14(25-2)12-19(15)23-13)21(9-10-21)17-6-4-3-5-16(17)20(22)24/h3-8,11-12H,9-10H2,1-2H3,(H2,22,24). The van der Waals surface area contributed by atoms with Gasteiger partial charge in [0.15, 0.2) is 0 Å². The summed E-state index contributed by atoms with van der Waals surface area (Å²) in [5.41, 5.74) is 10.1. The third-order valence-corrected chi connectivity index (χ3v) is 5.13. The lowest BCUT2D eigenvalue weighted by atomic mass is 9.83. The van der Waals surface area contributed by atoms with Crippen LogP contribution in [0.5, 0.6) is 5.75 Å². The van der Waals surface area contributed by atoms with Gasteiger partial charge in [-0.2, -0.15) is 0 Å². The number of rotatable bonds is 4. The van der Waals surface area contributed by atoms with Crippen molar-refractivity contribution in [2.75, 3.05) is 7.11 Å². The molecule has 1 heterocycles. The number of carbonyl (C=O) groups excluding carboxylic acids is 1. The molecule has 0 aliphatic heterocycles. The summed E-state index contributed by atoms with van der Waals surface area (Å²) in [6.07, 6.45) is 1.96. The van der Waals surface area contributed by atoms with Crippen molar-refractivity contribution in [2.45, 2.75) is 25.2 Å². The highest BCUT2D eigenvalue weighted by Crippen LogP contribution is 2.56. The van der Waals surface area contributed by atoms with Crippen LogP contribution in [-0.2, 0) is 5.41 Å². The van der Waals surface area contributed by atoms with Gasteiger partial charge in [0.25, 0.3) is 0 Å². The second-order valence-corrected chi connectivity index (χ2v) is 6.69. The monoisotopic (exact) mass is 332 g/mol. The number of fused-ring (bicyclic) bond motifs is 1. The van der Waals surface area contributed by atoms with E-state index in [1.54, 1.807) is 7.11 Å². The van der Waals surface area contributed by atoms with E-state index >= 15 is 0 Å². The van der Waals surface area contributed by atoms with Crippen molar-refractivity contribution in [3.05, 3.63) is 70.9 Å². The van der Waals surface area contributed by atoms with E-state index < -0.39 is 0 Å². The van der Waals surface area contributed by atoms with Gasteiger partial charge in [-0.1, -0.05) is 24.3 Å². The molecular formula is C21H20N2O2. The maximum absolute atomic E-state index is 11.9. The Kier molecular flexibility index (Phi) is 3.49. The topological polar surface area (TPSA) is 65.2 Å². The molecule has 4 rings (SSSR count). The minimum absolute atomic E-state index is 0.199. The maximum Gasteiger partial charge on any atom is 0.249 e. The zero-order valence-corrected chi connectivity index (χ0v) is 14.4. The quantitative estimate of drug-likeness (QED) is 0.791. The molecule has 126 valence electrons. The largest absolute Gasteiger partial charge is 0.497 e. The summed E-state index contributed by atoms with van der Waals surface area (Å²) in [6.45, 7) is 1.98. The van der Waals surface area contributed by atoms with Gasteiger partial charge >= 0.3 is 0 Å². The SMILES string of the molecule is COc1cc(C2(c3ccccc3C(N)=O)CC2)c2ccc(C)nc2c1. The molecule has 0 spiro atoms. The van der Waals surface area contributed by atoms with Crippen LogP contribution < -0.4 is 10.5 Å². The number of hydrogen-bond acceptors (Lipinski definition) is 3. The zero-order valence-electron chi connectivity index (χ0n) is 14.4. The van der Waals surface area contributed by atoms with Crippen molar-refractivity contribution in [1.29, 1.82) is 0 Å². The minimum atomic E-state index is -0.386. The number of methoxy groups -OCH3 is 1. The van der Waals surface area contributed by atoms with Crippen LogP contribution in [0.4, 0.5) is 0 Å². The Balaban J connectivity index is 2.00. The fourth-order valence-corrected chi connectivity index (χ4v) is 3.75. The molecule has 1 aliphatic carbocycles. The zero-order chi connectivity index (χ0) is 17.6. The Morgan fingerprint density at radius 3 is 2.56 bits per heavy atom. The maximum atomic E-state index is 11.9. The van der Waals surface area contributed by atoms with Crippen LogP contribution in [0.2, 0.25) is 0 Å². The van der Waals surface area contributed by atoms with E-state index in [0.29, 0.717) is 5.56 Å². The molecule has 0 unspecified atom stereocenters. The highest BCUT2D eigenvalue weighted by Gasteiger charge is 2.48. The first-order valence-corrected chi connectivity index (χ1v) is 8.40. The molecule has 1 aromatic heterocycles. The summed E-state index contributed by atoms with van der Waals surface area (Å²) in [4.78, 5) is 16.6. The van der Waals surface area contributed by atoms with Crippen molar-refractivity contribution in [2.24, 2.45) is 5.73 Å². The number of amides is 1. The molecule has 0 saturated heterocycles. The lowest BCUT2D eigenvalue weighted by Gasteiger charge is -2.22. The molecule has 4 heteroatoms. The fraction of sp³-hybridized carbons (Fsp3) is 0.238. The molecule has 1 fully saturated rings. The van der Waals surface area contributed by atoms with Gasteiger partial charge in [0.2, 0.25) is 5.91 Å². The Bertz CT molecular complexity index is 990. The molecule has 1 saturated carbocycles. The van der Waals surface area contributed by atoms with Crippen molar-refractivity contribution in [3.63, 3.8) is 0 Å². The van der Waals surface area contributed by atoms with E-state index in [9.17, 15) is 4.79 Å². The Hall–Kier alpha value is -2.88. The van der Waals surface area contributed by atoms with Gasteiger partial charge in [0, 0.05) is 28.1 Å². The number of primary amides is 1. The number of hydrogen-bond donors (Lipinski definition) is 1. The summed E-state index contributed by atoms with van der Waals surface area (Å²) < 4.78 is 5.51. The number of ether oxygens (including phenoxy) is 1. The molecule has 0 radical (unpaired) electrons. The molecule has 1 aliphatic rings. The molecule has 0 atom stereocenters. The van der Waals surface area contributed by atoms with Crippen LogP contribution >= 0.6 is 0 Å². The van der Waals surface area contributed by atoms with Gasteiger partial charge in [-0.15, -0.1) is 0 Å². The van der Waals surface area contributed by atoms with Crippen LogP contribution in [0, 0.1) is 6.92 Å². The third-order valence-electron chi connectivity index (χ3n) is 5.13. The first-order chi connectivity index (χ1) is 12.0. The number of nitrogens with zero attached hydrogens (tertiary/aromatic N) is 1. The number of carbonyl (C=O) groups is 1. The van der Waals surface area contributed by atoms with Gasteiger partial charge in [-0.05, 0) is 49.1 Å². The molecule has 3 aromatic rings. The Labute approximate surface area is 146 Å². The lowest BCUT2D eigenvalue weighted by molar-refractivity contribution is 0.0999. The predicted molar refractivity (Wildman–Crippen MR) is 98.0 cm³/mol. The first-order valence-electron chi connectivity index (χ1n) is 8.40. The second-order valence-electron chi connectivity index (χ2n) is 6.69. The number of aryl methyl sites for hydroxylation is 1. The average Bonchev–Trinajstić information content (AvgIpc) is 3.42. The summed E-state index contributed by atoms with van der Waals surface area (Å²) >= 11 is 0. The first kappa shape index (κ1) is 15.6. The summed E-state index contributed by atoms with van der Waals surface area (Å²) in [6, 6.07) is 15.8. The van der Waals surface area contributed by atoms with E-state index in [2.05, 4.69) is 17.1 Å². The highest BCUT2D eigenvalue weighted by atomic mass is 16.5. The van der Waals surface area contributed by atoms with E-state index in [1.807, 2.05) is 43.3 Å². The van der Waals surface area contributed by atoms with Gasteiger partial charge in [-0.25, -0.2) is 0 Å². The van der Waals surface area contributed by atoms with Gasteiger partial charge < -0.3 is 10.5 Å². The second kappa shape index (κ2) is 5.59. The molecule has 0 bridgehead atoms. The molecule has 1 amide bonds. The van der Waals surface area contributed by atoms with E-state index in [0.717, 1.165) is 46.3 Å². The Morgan fingerprint density at radius 1 is 1.12 bits per heavy atom. The van der Waals surface area contributed by atoms with E-state index in [-0.39, 0.29) is 11.3 Å². The number of pyridine rings is 1. The third kappa shape index (κ3) is 2.45. The Morgan fingerprint density at radius 2 is 1.88 bits per heavy atom. The summed E-state index contributed by atoms with van der Waals surface area (Å²) in [7, 11) is 1.66. The normalized spacial score (nSPS) is 15.1. The number of aromatic nitrogens is 1. The van der Waals surface area contributed by atoms with Gasteiger partial charge in [0.1, 0.15) is 5.75 Å². The van der Waals surface area contributed by atoms with E-state index in [1.165, 1.54) is 0 Å². The van der Waals surface area contributed by atoms with Crippen molar-refractivity contribution in [3.8, 4) is 5.75 Å². The van der Waals surface area contributed by atoms with Crippen LogP contribution in [0.25, 0.3) is 10.9 Å².